The van der Waals surface area contributed by atoms with Crippen LogP contribution in [-0.2, 0) is 11.2 Å². The van der Waals surface area contributed by atoms with Gasteiger partial charge in [-0.15, -0.1) is 0 Å². The number of halogens is 2. The van der Waals surface area contributed by atoms with E-state index in [1.165, 1.54) is 18.4 Å². The Morgan fingerprint density at radius 2 is 2.12 bits per heavy atom. The minimum absolute atomic E-state index is 0.00125. The number of anilines is 1. The molecule has 0 saturated heterocycles. The number of carbonyl (C=O) groups is 1. The first-order valence-electron chi connectivity index (χ1n) is 7.39. The van der Waals surface area contributed by atoms with Crippen LogP contribution in [0.3, 0.4) is 0 Å². The molecule has 2 aromatic heterocycles. The number of nitrogens with zero attached hydrogens (tertiary/aromatic N) is 2. The molecule has 0 saturated carbocycles. The molecular weight excluding hydrogens is 349 g/mol. The Balaban J connectivity index is 1.77. The largest absolute Gasteiger partial charge is 0.463 e. The summed E-state index contributed by atoms with van der Waals surface area (Å²) in [5.41, 5.74) is 7.28. The molecule has 0 amide bonds. The molecular formula is C17H11ClFN3O3. The summed E-state index contributed by atoms with van der Waals surface area (Å²) in [6.07, 6.45) is 1.02. The first kappa shape index (κ1) is 15.6. The lowest BCUT2D eigenvalue weighted by Crippen LogP contribution is -2.07. The number of rotatable bonds is 3. The van der Waals surface area contributed by atoms with Gasteiger partial charge in [0.1, 0.15) is 28.9 Å². The molecule has 8 heteroatoms. The number of fused-ring (bicyclic) bond motifs is 1. The third-order valence-corrected chi connectivity index (χ3v) is 4.24. The van der Waals surface area contributed by atoms with E-state index < -0.39 is 17.9 Å². The minimum Gasteiger partial charge on any atom is -0.463 e. The van der Waals surface area contributed by atoms with E-state index >= 15 is 0 Å². The number of nitrogen functional groups attached to an aromatic ring is 1. The Hall–Kier alpha value is -2.93. The third kappa shape index (κ3) is 2.72. The fourth-order valence-electron chi connectivity index (χ4n) is 2.79. The van der Waals surface area contributed by atoms with E-state index in [0.29, 0.717) is 17.0 Å². The van der Waals surface area contributed by atoms with Crippen molar-refractivity contribution in [3.63, 3.8) is 0 Å². The maximum atomic E-state index is 13.2. The minimum atomic E-state index is -0.690. The molecule has 1 unspecified atom stereocenters. The van der Waals surface area contributed by atoms with E-state index in [4.69, 9.17) is 26.5 Å². The zero-order valence-electron chi connectivity index (χ0n) is 12.7. The van der Waals surface area contributed by atoms with Gasteiger partial charge in [-0.3, -0.25) is 0 Å². The summed E-state index contributed by atoms with van der Waals surface area (Å²) in [6.45, 7) is 0. The van der Waals surface area contributed by atoms with Gasteiger partial charge in [0.25, 0.3) is 0 Å². The molecule has 6 nitrogen and oxygen atoms in total. The van der Waals surface area contributed by atoms with Gasteiger partial charge in [0.2, 0.25) is 5.95 Å². The van der Waals surface area contributed by atoms with E-state index in [1.807, 2.05) is 0 Å². The molecule has 2 N–H and O–H groups in total. The number of hydrogen-bond donors (Lipinski definition) is 1. The van der Waals surface area contributed by atoms with Crippen LogP contribution >= 0.6 is 11.6 Å². The van der Waals surface area contributed by atoms with E-state index in [-0.39, 0.29) is 28.6 Å². The standard InChI is InChI=1S/C17H11ClFN3O3/c18-10-7-9(19)4-3-8(10)6-12-15-13(16(23)25-12)14(21-17(20)22-15)11-2-1-5-24-11/h1-5,7,12H,6H2,(H2,20,21,22). The molecule has 126 valence electrons. The number of benzene rings is 1. The van der Waals surface area contributed by atoms with Crippen molar-refractivity contribution in [3.8, 4) is 11.5 Å². The molecule has 1 aliphatic heterocycles. The number of ether oxygens (including phenoxy) is 1. The van der Waals surface area contributed by atoms with Crippen LogP contribution < -0.4 is 5.73 Å². The zero-order valence-corrected chi connectivity index (χ0v) is 13.5. The second-order valence-corrected chi connectivity index (χ2v) is 5.91. The van der Waals surface area contributed by atoms with Crippen molar-refractivity contribution in [2.24, 2.45) is 0 Å². The predicted octanol–water partition coefficient (Wildman–Crippen LogP) is 3.57. The lowest BCUT2D eigenvalue weighted by atomic mass is 10.0. The highest BCUT2D eigenvalue weighted by Gasteiger charge is 2.37. The van der Waals surface area contributed by atoms with E-state index in [0.717, 1.165) is 0 Å². The SMILES string of the molecule is Nc1nc(-c2ccco2)c2c(n1)C(Cc1ccc(F)cc1Cl)OC2=O. The number of aromatic nitrogens is 2. The lowest BCUT2D eigenvalue weighted by Gasteiger charge is -2.11. The highest BCUT2D eigenvalue weighted by molar-refractivity contribution is 6.31. The summed E-state index contributed by atoms with van der Waals surface area (Å²) < 4.78 is 23.9. The number of carbonyl (C=O) groups excluding carboxylic acids is 1. The second kappa shape index (κ2) is 5.86. The van der Waals surface area contributed by atoms with Crippen LogP contribution in [0, 0.1) is 5.82 Å². The van der Waals surface area contributed by atoms with Crippen molar-refractivity contribution >= 4 is 23.5 Å². The van der Waals surface area contributed by atoms with Gasteiger partial charge >= 0.3 is 5.97 Å². The summed E-state index contributed by atoms with van der Waals surface area (Å²) in [4.78, 5) is 20.6. The summed E-state index contributed by atoms with van der Waals surface area (Å²) in [7, 11) is 0. The Bertz CT molecular complexity index is 976. The van der Waals surface area contributed by atoms with Gasteiger partial charge in [-0.2, -0.15) is 0 Å². The van der Waals surface area contributed by atoms with Gasteiger partial charge in [-0.25, -0.2) is 19.2 Å². The number of esters is 1. The van der Waals surface area contributed by atoms with Crippen molar-refractivity contribution in [1.82, 2.24) is 9.97 Å². The number of cyclic esters (lactones) is 1. The molecule has 4 rings (SSSR count). The Morgan fingerprint density at radius 1 is 1.28 bits per heavy atom. The zero-order chi connectivity index (χ0) is 17.6. The average Bonchev–Trinajstić information content (AvgIpc) is 3.19. The summed E-state index contributed by atoms with van der Waals surface area (Å²) >= 11 is 6.06. The van der Waals surface area contributed by atoms with E-state index in [2.05, 4.69) is 9.97 Å². The molecule has 0 fully saturated rings. The maximum Gasteiger partial charge on any atom is 0.343 e. The van der Waals surface area contributed by atoms with Crippen LogP contribution in [0.15, 0.2) is 41.0 Å². The van der Waals surface area contributed by atoms with Gasteiger partial charge in [0.05, 0.1) is 6.26 Å². The van der Waals surface area contributed by atoms with Gasteiger partial charge in [-0.05, 0) is 29.8 Å². The maximum absolute atomic E-state index is 13.2. The molecule has 3 heterocycles. The molecule has 0 radical (unpaired) electrons. The molecule has 0 bridgehead atoms. The number of furan rings is 1. The lowest BCUT2D eigenvalue weighted by molar-refractivity contribution is 0.0382. The molecule has 25 heavy (non-hydrogen) atoms. The predicted molar refractivity (Wildman–Crippen MR) is 87.4 cm³/mol. The van der Waals surface area contributed by atoms with Crippen molar-refractivity contribution in [2.45, 2.75) is 12.5 Å². The second-order valence-electron chi connectivity index (χ2n) is 5.50. The smallest absolute Gasteiger partial charge is 0.343 e. The first-order valence-corrected chi connectivity index (χ1v) is 7.77. The van der Waals surface area contributed by atoms with Crippen LogP contribution in [0.1, 0.15) is 27.7 Å². The van der Waals surface area contributed by atoms with Gasteiger partial charge < -0.3 is 14.9 Å². The van der Waals surface area contributed by atoms with Crippen molar-refractivity contribution < 1.29 is 18.3 Å². The Labute approximate surface area is 146 Å². The van der Waals surface area contributed by atoms with Crippen molar-refractivity contribution in [1.29, 1.82) is 0 Å². The average molecular weight is 360 g/mol. The third-order valence-electron chi connectivity index (χ3n) is 3.89. The van der Waals surface area contributed by atoms with Crippen LogP contribution in [0.2, 0.25) is 5.02 Å². The molecule has 0 spiro atoms. The van der Waals surface area contributed by atoms with Gasteiger partial charge in [-0.1, -0.05) is 17.7 Å². The molecule has 1 aromatic carbocycles. The van der Waals surface area contributed by atoms with E-state index in [9.17, 15) is 9.18 Å². The first-order chi connectivity index (χ1) is 12.0. The number of hydrogen-bond acceptors (Lipinski definition) is 6. The highest BCUT2D eigenvalue weighted by atomic mass is 35.5. The highest BCUT2D eigenvalue weighted by Crippen LogP contribution is 2.38. The monoisotopic (exact) mass is 359 g/mol. The fraction of sp³-hybridized carbons (Fsp3) is 0.118. The summed E-state index contributed by atoms with van der Waals surface area (Å²) in [5, 5.41) is 0.248. The fourth-order valence-corrected chi connectivity index (χ4v) is 3.04. The normalized spacial score (nSPS) is 15.9. The molecule has 0 aliphatic carbocycles. The van der Waals surface area contributed by atoms with Crippen LogP contribution in [0.5, 0.6) is 0 Å². The topological polar surface area (TPSA) is 91.2 Å². The quantitative estimate of drug-likeness (QED) is 0.719. The molecule has 1 aliphatic rings. The Morgan fingerprint density at radius 3 is 2.84 bits per heavy atom. The number of nitrogens with two attached hydrogens (primary N) is 1. The summed E-state index contributed by atoms with van der Waals surface area (Å²) in [5.74, 6) is -0.615. The van der Waals surface area contributed by atoms with Gasteiger partial charge in [0, 0.05) is 11.4 Å². The Kier molecular flexibility index (Phi) is 3.65. The van der Waals surface area contributed by atoms with Crippen molar-refractivity contribution in [3.05, 3.63) is 64.3 Å². The molecule has 3 aromatic rings. The summed E-state index contributed by atoms with van der Waals surface area (Å²) in [6, 6.07) is 7.38. The van der Waals surface area contributed by atoms with Crippen LogP contribution in [-0.4, -0.2) is 15.9 Å². The van der Waals surface area contributed by atoms with Crippen LogP contribution in [0.4, 0.5) is 10.3 Å². The van der Waals surface area contributed by atoms with E-state index in [1.54, 1.807) is 18.2 Å². The van der Waals surface area contributed by atoms with Crippen molar-refractivity contribution in [2.75, 3.05) is 5.73 Å². The van der Waals surface area contributed by atoms with Gasteiger partial charge in [0.15, 0.2) is 5.76 Å². The molecule has 1 atom stereocenters. The van der Waals surface area contributed by atoms with Crippen LogP contribution in [0.25, 0.3) is 11.5 Å².